The van der Waals surface area contributed by atoms with Gasteiger partial charge >= 0.3 is 5.69 Å². The van der Waals surface area contributed by atoms with Gasteiger partial charge in [0.15, 0.2) is 0 Å². The first-order chi connectivity index (χ1) is 12.1. The molecule has 3 aromatic rings. The molecule has 6 nitrogen and oxygen atoms in total. The summed E-state index contributed by atoms with van der Waals surface area (Å²) in [4.78, 5) is 30.3. The standard InChI is InChI=1S/C18H16ClN3O3/c19-12-5-3-11(4-6-12)14-7-8-20-16-15(14)17(23)21-18(24)22(16)10-13-2-1-9-25-13/h3-8,13H,1-2,9-10H2,(H,21,23,24)/p+1. The first kappa shape index (κ1) is 16.1. The molecule has 2 aromatic heterocycles. The molecule has 3 heterocycles. The van der Waals surface area contributed by atoms with Crippen LogP contribution in [0.3, 0.4) is 0 Å². The average molecular weight is 359 g/mol. The summed E-state index contributed by atoms with van der Waals surface area (Å²) in [5, 5.41) is 1.07. The first-order valence-corrected chi connectivity index (χ1v) is 8.56. The van der Waals surface area contributed by atoms with Crippen LogP contribution in [0, 0.1) is 0 Å². The van der Waals surface area contributed by atoms with Gasteiger partial charge in [0.25, 0.3) is 11.2 Å². The van der Waals surface area contributed by atoms with E-state index in [0.29, 0.717) is 29.2 Å². The molecule has 4 rings (SSSR count). The number of hydrogen-bond donors (Lipinski definition) is 1. The third kappa shape index (κ3) is 2.99. The monoisotopic (exact) mass is 358 g/mol. The maximum Gasteiger partial charge on any atom is 0.415 e. The van der Waals surface area contributed by atoms with Gasteiger partial charge in [-0.3, -0.25) is 9.78 Å². The summed E-state index contributed by atoms with van der Waals surface area (Å²) < 4.78 is 7.19. The molecule has 1 saturated heterocycles. The van der Waals surface area contributed by atoms with Gasteiger partial charge in [0.1, 0.15) is 11.9 Å². The maximum absolute atomic E-state index is 12.5. The van der Waals surface area contributed by atoms with Gasteiger partial charge in [0.2, 0.25) is 0 Å². The fourth-order valence-corrected chi connectivity index (χ4v) is 3.42. The van der Waals surface area contributed by atoms with Crippen LogP contribution in [0.1, 0.15) is 12.8 Å². The third-order valence-electron chi connectivity index (χ3n) is 4.50. The molecule has 1 aliphatic heterocycles. The fourth-order valence-electron chi connectivity index (χ4n) is 3.29. The fraction of sp³-hybridized carbons (Fsp3) is 0.278. The number of halogens is 1. The Balaban J connectivity index is 1.93. The van der Waals surface area contributed by atoms with Crippen LogP contribution in [0.25, 0.3) is 22.2 Å². The lowest BCUT2D eigenvalue weighted by molar-refractivity contribution is -0.350. The van der Waals surface area contributed by atoms with Crippen LogP contribution >= 0.6 is 11.6 Å². The summed E-state index contributed by atoms with van der Waals surface area (Å²) in [7, 11) is 0. The Morgan fingerprint density at radius 3 is 2.76 bits per heavy atom. The quantitative estimate of drug-likeness (QED) is 0.777. The van der Waals surface area contributed by atoms with Gasteiger partial charge in [0, 0.05) is 17.2 Å². The number of pyridine rings is 1. The van der Waals surface area contributed by atoms with Gasteiger partial charge < -0.3 is 4.74 Å². The highest BCUT2D eigenvalue weighted by atomic mass is 35.5. The molecule has 1 aromatic carbocycles. The molecular formula is C18H17ClN3O3+. The van der Waals surface area contributed by atoms with Gasteiger partial charge in [-0.25, -0.2) is 9.78 Å². The van der Waals surface area contributed by atoms with Gasteiger partial charge in [0.05, 0.1) is 12.3 Å². The van der Waals surface area contributed by atoms with E-state index in [1.807, 2.05) is 18.2 Å². The number of rotatable bonds is 3. The Morgan fingerprint density at radius 1 is 1.24 bits per heavy atom. The zero-order chi connectivity index (χ0) is 17.4. The van der Waals surface area contributed by atoms with Crippen LogP contribution < -0.4 is 16.2 Å². The van der Waals surface area contributed by atoms with Crippen LogP contribution in [0.15, 0.2) is 46.1 Å². The second-order valence-corrected chi connectivity index (χ2v) is 6.56. The van der Waals surface area contributed by atoms with E-state index in [-0.39, 0.29) is 6.10 Å². The third-order valence-corrected chi connectivity index (χ3v) is 4.76. The molecule has 1 atom stereocenters. The Morgan fingerprint density at radius 2 is 2.04 bits per heavy atom. The molecule has 128 valence electrons. The van der Waals surface area contributed by atoms with Crippen LogP contribution in [-0.2, 0) is 11.3 Å². The number of ether oxygens (including phenoxy) is 1. The van der Waals surface area contributed by atoms with Crippen molar-refractivity contribution in [3.8, 4) is 11.1 Å². The number of nitrogens with zero attached hydrogens (tertiary/aromatic N) is 1. The van der Waals surface area contributed by atoms with Crippen molar-refractivity contribution >= 4 is 22.6 Å². The molecule has 0 amide bonds. The van der Waals surface area contributed by atoms with Gasteiger partial charge in [-0.2, -0.15) is 4.57 Å². The molecule has 7 heteroatoms. The van der Waals surface area contributed by atoms with Crippen LogP contribution in [0.4, 0.5) is 0 Å². The largest absolute Gasteiger partial charge is 0.415 e. The predicted octanol–water partition coefficient (Wildman–Crippen LogP) is 2.00. The number of aromatic nitrogens is 3. The lowest BCUT2D eigenvalue weighted by atomic mass is 10.0. The predicted molar refractivity (Wildman–Crippen MR) is 94.8 cm³/mol. The van der Waals surface area contributed by atoms with Crippen molar-refractivity contribution in [1.82, 2.24) is 9.55 Å². The smallest absolute Gasteiger partial charge is 0.374 e. The Kier molecular flexibility index (Phi) is 4.15. The molecule has 0 spiro atoms. The minimum absolute atomic E-state index is 0.0145. The Labute approximate surface area is 148 Å². The number of benzene rings is 1. The summed E-state index contributed by atoms with van der Waals surface area (Å²) in [6.07, 6.45) is 3.61. The van der Waals surface area contributed by atoms with Crippen molar-refractivity contribution < 1.29 is 9.72 Å². The number of nitrogens with one attached hydrogen (secondary N) is 2. The zero-order valence-electron chi connectivity index (χ0n) is 13.4. The lowest BCUT2D eigenvalue weighted by Gasteiger charge is -2.09. The Hall–Kier alpha value is -2.44. The molecule has 1 fully saturated rings. The minimum atomic E-state index is -0.433. The SMILES string of the molecule is O=c1[nH]c(=O)n(CC2CCCO2)c2[nH+]ccc(-c3ccc(Cl)cc3)c12. The summed E-state index contributed by atoms with van der Waals surface area (Å²) >= 11 is 5.96. The van der Waals surface area contributed by atoms with E-state index in [9.17, 15) is 9.59 Å². The highest BCUT2D eigenvalue weighted by Gasteiger charge is 2.24. The van der Waals surface area contributed by atoms with E-state index < -0.39 is 11.2 Å². The van der Waals surface area contributed by atoms with Crippen molar-refractivity contribution in [2.24, 2.45) is 0 Å². The molecule has 1 unspecified atom stereocenters. The van der Waals surface area contributed by atoms with Gasteiger partial charge in [-0.05, 0) is 36.6 Å². The van der Waals surface area contributed by atoms with E-state index in [0.717, 1.165) is 24.0 Å². The minimum Gasteiger partial charge on any atom is -0.374 e. The second-order valence-electron chi connectivity index (χ2n) is 6.13. The van der Waals surface area contributed by atoms with E-state index in [4.69, 9.17) is 16.3 Å². The van der Waals surface area contributed by atoms with Crippen molar-refractivity contribution in [3.63, 3.8) is 0 Å². The molecule has 0 aliphatic carbocycles. The second kappa shape index (κ2) is 6.46. The summed E-state index contributed by atoms with van der Waals surface area (Å²) in [5.41, 5.74) is 1.25. The van der Waals surface area contributed by atoms with Gasteiger partial charge in [-0.15, -0.1) is 0 Å². The normalized spacial score (nSPS) is 17.2. The van der Waals surface area contributed by atoms with E-state index >= 15 is 0 Å². The Bertz CT molecular complexity index is 1030. The maximum atomic E-state index is 12.5. The lowest BCUT2D eigenvalue weighted by Crippen LogP contribution is -2.36. The molecule has 0 bridgehead atoms. The summed E-state index contributed by atoms with van der Waals surface area (Å²) in [6.45, 7) is 1.12. The van der Waals surface area contributed by atoms with Crippen LogP contribution in [0.5, 0.6) is 0 Å². The molecule has 2 N–H and O–H groups in total. The molecule has 1 aliphatic rings. The highest BCUT2D eigenvalue weighted by molar-refractivity contribution is 6.30. The topological polar surface area (TPSA) is 78.2 Å². The molecule has 0 saturated carbocycles. The van der Waals surface area contributed by atoms with Crippen molar-refractivity contribution in [2.75, 3.05) is 6.61 Å². The number of fused-ring (bicyclic) bond motifs is 1. The van der Waals surface area contributed by atoms with Gasteiger partial charge in [-0.1, -0.05) is 23.7 Å². The van der Waals surface area contributed by atoms with Crippen LogP contribution in [-0.4, -0.2) is 22.3 Å². The van der Waals surface area contributed by atoms with E-state index in [1.165, 1.54) is 0 Å². The van der Waals surface area contributed by atoms with Crippen LogP contribution in [0.2, 0.25) is 5.02 Å². The molecule has 0 radical (unpaired) electrons. The number of H-pyrrole nitrogens is 2. The zero-order valence-corrected chi connectivity index (χ0v) is 14.2. The number of aromatic amines is 2. The van der Waals surface area contributed by atoms with E-state index in [2.05, 4.69) is 9.97 Å². The average Bonchev–Trinajstić information content (AvgIpc) is 3.12. The van der Waals surface area contributed by atoms with E-state index in [1.54, 1.807) is 22.9 Å². The van der Waals surface area contributed by atoms with Crippen molar-refractivity contribution in [3.05, 3.63) is 62.4 Å². The summed E-state index contributed by atoms with van der Waals surface area (Å²) in [5.74, 6) is 0. The number of hydrogen-bond acceptors (Lipinski definition) is 3. The molecule has 25 heavy (non-hydrogen) atoms. The van der Waals surface area contributed by atoms with Crippen molar-refractivity contribution in [2.45, 2.75) is 25.5 Å². The highest BCUT2D eigenvalue weighted by Crippen LogP contribution is 2.25. The first-order valence-electron chi connectivity index (χ1n) is 8.18. The van der Waals surface area contributed by atoms with Crippen molar-refractivity contribution in [1.29, 1.82) is 0 Å². The summed E-state index contributed by atoms with van der Waals surface area (Å²) in [6, 6.07) is 9.08. The molecular weight excluding hydrogens is 342 g/mol.